The monoisotopic (exact) mass is 478 g/mol. The van der Waals surface area contributed by atoms with Crippen LogP contribution >= 0.6 is 0 Å². The molecule has 0 aromatic heterocycles. The molecule has 0 aliphatic carbocycles. The number of aliphatic carboxylic acids is 2. The minimum absolute atomic E-state index is 0.167. The molecule has 0 rings (SSSR count). The van der Waals surface area contributed by atoms with Crippen molar-refractivity contribution >= 4 is 29.3 Å². The van der Waals surface area contributed by atoms with Crippen molar-refractivity contribution in [3.05, 3.63) is 0 Å². The van der Waals surface area contributed by atoms with Gasteiger partial charge in [0.1, 0.15) is 17.3 Å². The van der Waals surface area contributed by atoms with Crippen molar-refractivity contribution < 1.29 is 61.7 Å². The Balaban J connectivity index is -0.000000161. The van der Waals surface area contributed by atoms with Crippen LogP contribution < -0.4 is 10.2 Å². The standard InChI is InChI=1S/2C8H14O3.C3H6O.O.Zr/c2*1-5(7(10)11)6(9)8(2,3)4;1-3(2)4;;/h2*5H,1-4H3,(H,10,11);1-2H3;;/q;;;;+2/p-2. The predicted octanol–water partition coefficient (Wildman–Crippen LogP) is 0.449. The molecule has 160 valence electrons. The number of carbonyl (C=O) groups excluding carboxylic acids is 5. The third kappa shape index (κ3) is 19.4. The van der Waals surface area contributed by atoms with Crippen LogP contribution in [-0.2, 0) is 51.5 Å². The van der Waals surface area contributed by atoms with E-state index in [-0.39, 0.29) is 17.3 Å². The van der Waals surface area contributed by atoms with Crippen LogP contribution in [-0.4, -0.2) is 29.3 Å². The summed E-state index contributed by atoms with van der Waals surface area (Å²) in [6, 6.07) is 0. The second-order valence-corrected chi connectivity index (χ2v) is 8.22. The van der Waals surface area contributed by atoms with E-state index in [4.69, 9.17) is 2.81 Å². The predicted molar refractivity (Wildman–Crippen MR) is 94.3 cm³/mol. The maximum atomic E-state index is 11.2. The van der Waals surface area contributed by atoms with Crippen LogP contribution in [0.3, 0.4) is 0 Å². The summed E-state index contributed by atoms with van der Waals surface area (Å²) in [5, 5.41) is 20.5. The first-order chi connectivity index (χ1) is 12.3. The number of carboxylic acid groups (broad SMARTS) is 2. The Morgan fingerprint density at radius 2 is 0.786 bits per heavy atom. The quantitative estimate of drug-likeness (QED) is 0.528. The molecule has 28 heavy (non-hydrogen) atoms. The number of hydrogen-bond donors (Lipinski definition) is 0. The van der Waals surface area contributed by atoms with Gasteiger partial charge >= 0.3 is 27.5 Å². The summed E-state index contributed by atoms with van der Waals surface area (Å²) in [6.45, 7) is 15.9. The van der Waals surface area contributed by atoms with Crippen molar-refractivity contribution in [1.29, 1.82) is 0 Å². The molecule has 0 heterocycles. The summed E-state index contributed by atoms with van der Waals surface area (Å²) in [5.74, 6) is -5.03. The maximum absolute atomic E-state index is 11.2. The van der Waals surface area contributed by atoms with E-state index in [0.29, 0.717) is 24.7 Å². The molecule has 0 aromatic rings. The molecule has 0 fully saturated rings. The van der Waals surface area contributed by atoms with Gasteiger partial charge in [0, 0.05) is 10.8 Å². The van der Waals surface area contributed by atoms with Crippen LogP contribution in [0.5, 0.6) is 0 Å². The van der Waals surface area contributed by atoms with E-state index in [1.807, 2.05) is 0 Å². The third-order valence-electron chi connectivity index (χ3n) is 2.97. The first-order valence-corrected chi connectivity index (χ1v) is 9.45. The average molecular weight is 480 g/mol. The van der Waals surface area contributed by atoms with Gasteiger partial charge in [-0.3, -0.25) is 9.59 Å². The van der Waals surface area contributed by atoms with E-state index in [1.54, 1.807) is 41.5 Å². The van der Waals surface area contributed by atoms with E-state index in [0.717, 1.165) is 0 Å². The second kappa shape index (κ2) is 15.5. The molecule has 0 saturated heterocycles. The number of ketones is 3. The van der Waals surface area contributed by atoms with Gasteiger partial charge in [-0.05, 0) is 13.8 Å². The molecule has 0 spiro atoms. The first-order valence-electron chi connectivity index (χ1n) is 8.44. The molecule has 2 unspecified atom stereocenters. The molecule has 0 amide bonds. The Morgan fingerprint density at radius 3 is 0.821 bits per heavy atom. The second-order valence-electron chi connectivity index (χ2n) is 8.22. The Hall–Kier alpha value is -1.37. The Labute approximate surface area is 182 Å². The molecular weight excluding hydrogens is 447 g/mol. The van der Waals surface area contributed by atoms with E-state index in [1.165, 1.54) is 27.7 Å². The molecule has 0 aliphatic heterocycles. The van der Waals surface area contributed by atoms with Gasteiger partial charge in [0.2, 0.25) is 0 Å². The van der Waals surface area contributed by atoms with Gasteiger partial charge in [0.05, 0.1) is 23.8 Å². The summed E-state index contributed by atoms with van der Waals surface area (Å²) < 4.78 is 8.34. The molecule has 0 aliphatic rings. The van der Waals surface area contributed by atoms with Gasteiger partial charge < -0.3 is 24.6 Å². The van der Waals surface area contributed by atoms with Gasteiger partial charge in [0.25, 0.3) is 0 Å². The molecule has 0 bridgehead atoms. The number of rotatable bonds is 4. The van der Waals surface area contributed by atoms with Crippen molar-refractivity contribution in [2.24, 2.45) is 22.7 Å². The third-order valence-corrected chi connectivity index (χ3v) is 2.97. The van der Waals surface area contributed by atoms with Gasteiger partial charge in [-0.15, -0.1) is 0 Å². The first kappa shape index (κ1) is 34.2. The summed E-state index contributed by atoms with van der Waals surface area (Å²) in [6.07, 6.45) is 0. The topological polar surface area (TPSA) is 149 Å². The molecular formula is C19H32O8Zr. The van der Waals surface area contributed by atoms with Crippen molar-refractivity contribution in [3.8, 4) is 0 Å². The van der Waals surface area contributed by atoms with Crippen molar-refractivity contribution in [1.82, 2.24) is 0 Å². The number of Topliss-reactive ketones (excluding diaryl/α,β-unsaturated/α-hetero) is 3. The van der Waals surface area contributed by atoms with Crippen LogP contribution in [0.25, 0.3) is 0 Å². The fourth-order valence-electron chi connectivity index (χ4n) is 1.51. The van der Waals surface area contributed by atoms with E-state index in [2.05, 4.69) is 0 Å². The van der Waals surface area contributed by atoms with Crippen molar-refractivity contribution in [3.63, 3.8) is 0 Å². The van der Waals surface area contributed by atoms with Crippen LogP contribution in [0.4, 0.5) is 0 Å². The summed E-state index contributed by atoms with van der Waals surface area (Å²) in [7, 11) is 0. The fourth-order valence-corrected chi connectivity index (χ4v) is 1.51. The van der Waals surface area contributed by atoms with E-state index in [9.17, 15) is 34.2 Å². The zero-order chi connectivity index (χ0) is 24.0. The fraction of sp³-hybridized carbons (Fsp3) is 0.737. The van der Waals surface area contributed by atoms with Gasteiger partial charge in [-0.2, -0.15) is 0 Å². The van der Waals surface area contributed by atoms with E-state index >= 15 is 0 Å². The van der Waals surface area contributed by atoms with Gasteiger partial charge in [-0.1, -0.05) is 55.4 Å². The van der Waals surface area contributed by atoms with Crippen molar-refractivity contribution in [2.45, 2.75) is 69.2 Å². The van der Waals surface area contributed by atoms with Gasteiger partial charge in [-0.25, -0.2) is 0 Å². The zero-order valence-corrected chi connectivity index (χ0v) is 20.9. The molecule has 9 heteroatoms. The number of carboxylic acids is 2. The molecule has 0 saturated carbocycles. The van der Waals surface area contributed by atoms with Crippen LogP contribution in [0, 0.1) is 22.7 Å². The molecule has 0 aromatic carbocycles. The minimum atomic E-state index is -1.30. The molecule has 0 N–H and O–H groups in total. The Kier molecular flexibility index (Phi) is 19.0. The molecule has 8 nitrogen and oxygen atoms in total. The Morgan fingerprint density at radius 1 is 0.643 bits per heavy atom. The Bertz CT molecular complexity index is 495. The van der Waals surface area contributed by atoms with E-state index < -0.39 is 34.6 Å². The molecule has 2 atom stereocenters. The number of carbonyl (C=O) groups is 5. The summed E-state index contributed by atoms with van der Waals surface area (Å²) >= 11 is 0.300. The zero-order valence-electron chi connectivity index (χ0n) is 18.4. The number of hydrogen-bond acceptors (Lipinski definition) is 8. The van der Waals surface area contributed by atoms with Crippen LogP contribution in [0.15, 0.2) is 0 Å². The van der Waals surface area contributed by atoms with Gasteiger partial charge in [0.15, 0.2) is 0 Å². The molecule has 0 radical (unpaired) electrons. The van der Waals surface area contributed by atoms with Crippen molar-refractivity contribution in [2.75, 3.05) is 0 Å². The summed E-state index contributed by atoms with van der Waals surface area (Å²) in [4.78, 5) is 52.3. The summed E-state index contributed by atoms with van der Waals surface area (Å²) in [5.41, 5.74) is -1.20. The van der Waals surface area contributed by atoms with Crippen LogP contribution in [0.1, 0.15) is 69.2 Å². The SMILES string of the molecule is CC(C(=O)[O-])C(=O)C(C)(C)C.CC(C(=O)[O-])C(=O)C(C)(C)C.CC(C)=O.[O]=[Zr+2]. The normalized spacial score (nSPS) is 12.3. The van der Waals surface area contributed by atoms with Crippen LogP contribution in [0.2, 0.25) is 0 Å². The average Bonchev–Trinajstić information content (AvgIpc) is 2.51.